The summed E-state index contributed by atoms with van der Waals surface area (Å²) in [6.45, 7) is 0. The van der Waals surface area contributed by atoms with Gasteiger partial charge < -0.3 is 4.42 Å². The number of rotatable bonds is 4. The smallest absolute Gasteiger partial charge is 0.165 e. The summed E-state index contributed by atoms with van der Waals surface area (Å²) in [6, 6.07) is 57.2. The van der Waals surface area contributed by atoms with E-state index in [0.29, 0.717) is 17.5 Å². The van der Waals surface area contributed by atoms with Crippen LogP contribution >= 0.6 is 11.3 Å². The van der Waals surface area contributed by atoms with Crippen molar-refractivity contribution in [1.82, 2.24) is 15.0 Å². The predicted octanol–water partition coefficient (Wildman–Crippen LogP) is 13.1. The third-order valence-corrected chi connectivity index (χ3v) is 11.4. The molecule has 0 fully saturated rings. The Morgan fingerprint density at radius 3 is 1.77 bits per heavy atom. The normalized spacial score (nSPS) is 11.8. The lowest BCUT2D eigenvalue weighted by atomic mass is 9.98. The molecule has 0 unspecified atom stereocenters. The van der Waals surface area contributed by atoms with Gasteiger partial charge in [0.2, 0.25) is 0 Å². The number of para-hydroxylation sites is 1. The first-order chi connectivity index (χ1) is 25.8. The molecule has 52 heavy (non-hydrogen) atoms. The van der Waals surface area contributed by atoms with Crippen molar-refractivity contribution in [3.05, 3.63) is 164 Å². The molecule has 3 aromatic heterocycles. The van der Waals surface area contributed by atoms with E-state index in [1.807, 2.05) is 6.07 Å². The van der Waals surface area contributed by atoms with Crippen LogP contribution in [0.25, 0.3) is 109 Å². The van der Waals surface area contributed by atoms with E-state index in [0.717, 1.165) is 71.3 Å². The van der Waals surface area contributed by atoms with E-state index in [1.165, 1.54) is 20.2 Å². The van der Waals surface area contributed by atoms with E-state index >= 15 is 0 Å². The number of hydrogen-bond acceptors (Lipinski definition) is 5. The minimum atomic E-state index is 0.623. The van der Waals surface area contributed by atoms with Crippen LogP contribution < -0.4 is 0 Å². The van der Waals surface area contributed by atoms with Gasteiger partial charge in [0.25, 0.3) is 0 Å². The van der Waals surface area contributed by atoms with E-state index in [9.17, 15) is 0 Å². The fraction of sp³-hybridized carbons (Fsp3) is 0. The lowest BCUT2D eigenvalue weighted by Crippen LogP contribution is -2.01. The highest BCUT2D eigenvalue weighted by Crippen LogP contribution is 2.44. The summed E-state index contributed by atoms with van der Waals surface area (Å²) in [5.74, 6) is 1.91. The first-order valence-corrected chi connectivity index (χ1v) is 18.2. The van der Waals surface area contributed by atoms with Crippen molar-refractivity contribution in [1.29, 1.82) is 0 Å². The molecular weight excluding hydrogens is 655 g/mol. The molecule has 5 heteroatoms. The highest BCUT2D eigenvalue weighted by atomic mass is 32.1. The molecule has 0 amide bonds. The fourth-order valence-corrected chi connectivity index (χ4v) is 8.94. The summed E-state index contributed by atoms with van der Waals surface area (Å²) >= 11 is 1.78. The first kappa shape index (κ1) is 29.1. The summed E-state index contributed by atoms with van der Waals surface area (Å²) in [7, 11) is 0. The highest BCUT2D eigenvalue weighted by molar-refractivity contribution is 7.26. The summed E-state index contributed by atoms with van der Waals surface area (Å²) in [5.41, 5.74) is 6.82. The van der Waals surface area contributed by atoms with Gasteiger partial charge in [-0.15, -0.1) is 11.3 Å². The Hall–Kier alpha value is -6.69. The molecule has 0 saturated carbocycles. The molecule has 0 aliphatic rings. The van der Waals surface area contributed by atoms with Gasteiger partial charge in [0.15, 0.2) is 17.5 Å². The minimum absolute atomic E-state index is 0.623. The number of fused-ring (bicyclic) bond motifs is 9. The first-order valence-electron chi connectivity index (χ1n) is 17.4. The van der Waals surface area contributed by atoms with Gasteiger partial charge in [0.05, 0.1) is 0 Å². The molecule has 4 nitrogen and oxygen atoms in total. The molecule has 0 saturated heterocycles. The van der Waals surface area contributed by atoms with Gasteiger partial charge in [-0.1, -0.05) is 146 Å². The molecule has 8 aromatic carbocycles. The summed E-state index contributed by atoms with van der Waals surface area (Å²) in [4.78, 5) is 15.9. The van der Waals surface area contributed by atoms with Crippen LogP contribution in [0.1, 0.15) is 0 Å². The van der Waals surface area contributed by atoms with Crippen LogP contribution in [-0.2, 0) is 0 Å². The zero-order valence-electron chi connectivity index (χ0n) is 27.7. The Morgan fingerprint density at radius 1 is 0.365 bits per heavy atom. The summed E-state index contributed by atoms with van der Waals surface area (Å²) in [5, 5.41) is 8.82. The third-order valence-electron chi connectivity index (χ3n) is 10.1. The zero-order chi connectivity index (χ0) is 34.2. The van der Waals surface area contributed by atoms with Crippen LogP contribution in [-0.4, -0.2) is 15.0 Å². The monoisotopic (exact) mass is 681 g/mol. The van der Waals surface area contributed by atoms with Gasteiger partial charge in [-0.05, 0) is 39.9 Å². The molecule has 0 spiro atoms. The second-order valence-corrected chi connectivity index (χ2v) is 14.2. The van der Waals surface area contributed by atoms with E-state index in [2.05, 4.69) is 158 Å². The van der Waals surface area contributed by atoms with Crippen LogP contribution in [0.2, 0.25) is 0 Å². The SMILES string of the molecule is c1ccc(-c2cccc3c2oc2c4ccccc4c(-c4nc(-c5cccc6ccccc56)nc(-c5cccc6c5sc5ccccc56)n4)cc32)cc1. The zero-order valence-corrected chi connectivity index (χ0v) is 28.6. The number of furan rings is 1. The number of benzene rings is 8. The molecule has 11 aromatic rings. The molecule has 242 valence electrons. The number of hydrogen-bond donors (Lipinski definition) is 0. The van der Waals surface area contributed by atoms with Crippen LogP contribution in [0.3, 0.4) is 0 Å². The highest BCUT2D eigenvalue weighted by Gasteiger charge is 2.22. The van der Waals surface area contributed by atoms with E-state index in [-0.39, 0.29) is 0 Å². The largest absolute Gasteiger partial charge is 0.455 e. The second-order valence-electron chi connectivity index (χ2n) is 13.1. The van der Waals surface area contributed by atoms with E-state index in [4.69, 9.17) is 19.4 Å². The maximum atomic E-state index is 6.80. The van der Waals surface area contributed by atoms with E-state index in [1.54, 1.807) is 11.3 Å². The lowest BCUT2D eigenvalue weighted by Gasteiger charge is -2.12. The van der Waals surface area contributed by atoms with E-state index < -0.39 is 0 Å². The predicted molar refractivity (Wildman–Crippen MR) is 217 cm³/mol. The number of thiophene rings is 1. The Bertz CT molecular complexity index is 3190. The Balaban J connectivity index is 1.23. The molecule has 0 aliphatic carbocycles. The number of nitrogens with zero attached hydrogens (tertiary/aromatic N) is 3. The van der Waals surface area contributed by atoms with Crippen molar-refractivity contribution in [3.8, 4) is 45.3 Å². The molecule has 3 heterocycles. The average Bonchev–Trinajstić information content (AvgIpc) is 3.79. The Labute approximate surface area is 302 Å². The lowest BCUT2D eigenvalue weighted by molar-refractivity contribution is 0.674. The molecule has 0 bridgehead atoms. The van der Waals surface area contributed by atoms with Gasteiger partial charge in [-0.25, -0.2) is 15.0 Å². The molecule has 0 aliphatic heterocycles. The van der Waals surface area contributed by atoms with Crippen molar-refractivity contribution in [2.75, 3.05) is 0 Å². The van der Waals surface area contributed by atoms with Crippen LogP contribution in [0, 0.1) is 0 Å². The second kappa shape index (κ2) is 11.4. The maximum Gasteiger partial charge on any atom is 0.165 e. The van der Waals surface area contributed by atoms with Crippen molar-refractivity contribution in [2.45, 2.75) is 0 Å². The van der Waals surface area contributed by atoms with Gasteiger partial charge in [-0.3, -0.25) is 0 Å². The third kappa shape index (κ3) is 4.43. The van der Waals surface area contributed by atoms with Crippen LogP contribution in [0.4, 0.5) is 0 Å². The van der Waals surface area contributed by atoms with Gasteiger partial charge >= 0.3 is 0 Å². The average molecular weight is 682 g/mol. The Kier molecular flexibility index (Phi) is 6.39. The molecule has 0 radical (unpaired) electrons. The topological polar surface area (TPSA) is 51.8 Å². The maximum absolute atomic E-state index is 6.80. The summed E-state index contributed by atoms with van der Waals surface area (Å²) in [6.07, 6.45) is 0. The van der Waals surface area contributed by atoms with Gasteiger partial charge in [0, 0.05) is 58.6 Å². The van der Waals surface area contributed by atoms with Crippen molar-refractivity contribution >= 4 is 75.0 Å². The molecular formula is C47H27N3OS. The number of aromatic nitrogens is 3. The van der Waals surface area contributed by atoms with Gasteiger partial charge in [0.1, 0.15) is 11.2 Å². The summed E-state index contributed by atoms with van der Waals surface area (Å²) < 4.78 is 9.21. The fourth-order valence-electron chi connectivity index (χ4n) is 7.73. The molecule has 11 rings (SSSR count). The molecule has 0 N–H and O–H groups in total. The minimum Gasteiger partial charge on any atom is -0.455 e. The van der Waals surface area contributed by atoms with Crippen LogP contribution in [0.5, 0.6) is 0 Å². The van der Waals surface area contributed by atoms with Crippen molar-refractivity contribution in [3.63, 3.8) is 0 Å². The molecule has 0 atom stereocenters. The van der Waals surface area contributed by atoms with Crippen LogP contribution in [0.15, 0.2) is 168 Å². The Morgan fingerprint density at radius 2 is 0.923 bits per heavy atom. The van der Waals surface area contributed by atoms with Gasteiger partial charge in [-0.2, -0.15) is 0 Å². The standard InChI is InChI=1S/C47H27N3OS/c1-2-13-29(14-3-1)31-21-11-22-35-39-27-40(32-18-6-7-20-34(32)43(39)51-42(31)35)47-49-45(37-24-10-16-28-15-4-5-17-30(28)37)48-46(50-47)38-25-12-23-36-33-19-8-9-26-41(33)52-44(36)38/h1-27H. The van der Waals surface area contributed by atoms with Crippen molar-refractivity contribution in [2.24, 2.45) is 0 Å². The quantitative estimate of drug-likeness (QED) is 0.185. The van der Waals surface area contributed by atoms with Crippen molar-refractivity contribution < 1.29 is 4.42 Å².